The van der Waals surface area contributed by atoms with Crippen LogP contribution in [0, 0.1) is 0 Å². The predicted molar refractivity (Wildman–Crippen MR) is 71.2 cm³/mol. The van der Waals surface area contributed by atoms with Crippen LogP contribution in [0.3, 0.4) is 0 Å². The molecular formula is C13H17ClN2O2. The lowest BCUT2D eigenvalue weighted by atomic mass is 10.1. The van der Waals surface area contributed by atoms with Crippen LogP contribution >= 0.6 is 11.6 Å². The van der Waals surface area contributed by atoms with Crippen molar-refractivity contribution in [2.24, 2.45) is 0 Å². The number of carbonyl (C=O) groups excluding carboxylic acids is 1. The number of ether oxygens (including phenoxy) is 1. The van der Waals surface area contributed by atoms with Gasteiger partial charge in [0.2, 0.25) is 0 Å². The van der Waals surface area contributed by atoms with Gasteiger partial charge in [-0.1, -0.05) is 11.6 Å². The molecule has 0 aromatic heterocycles. The van der Waals surface area contributed by atoms with Crippen LogP contribution in [0.4, 0.5) is 4.79 Å². The standard InChI is InChI=1S/C13H17ClN2O2/c1-4-16-8-11(15(2)13(16)17)10-7-9(14)5-6-12(10)18-3/h5-7,11H,4,8H2,1-3H3. The number of methoxy groups -OCH3 is 1. The van der Waals surface area contributed by atoms with E-state index in [1.165, 1.54) is 0 Å². The van der Waals surface area contributed by atoms with Crippen LogP contribution in [0.2, 0.25) is 5.02 Å². The first kappa shape index (κ1) is 13.0. The maximum Gasteiger partial charge on any atom is 0.320 e. The average Bonchev–Trinajstić information content (AvgIpc) is 2.66. The molecule has 1 aromatic carbocycles. The van der Waals surface area contributed by atoms with Crippen molar-refractivity contribution in [3.8, 4) is 5.75 Å². The van der Waals surface area contributed by atoms with Crippen molar-refractivity contribution in [1.29, 1.82) is 0 Å². The Balaban J connectivity index is 2.37. The van der Waals surface area contributed by atoms with Gasteiger partial charge in [-0.05, 0) is 25.1 Å². The molecule has 1 aliphatic rings. The summed E-state index contributed by atoms with van der Waals surface area (Å²) < 4.78 is 5.35. The highest BCUT2D eigenvalue weighted by Crippen LogP contribution is 2.35. The van der Waals surface area contributed by atoms with Crippen molar-refractivity contribution in [1.82, 2.24) is 9.80 Å². The minimum atomic E-state index is -0.00824. The minimum absolute atomic E-state index is 0.00824. The van der Waals surface area contributed by atoms with E-state index in [2.05, 4.69) is 0 Å². The zero-order chi connectivity index (χ0) is 13.3. The van der Waals surface area contributed by atoms with Gasteiger partial charge >= 0.3 is 6.03 Å². The molecule has 1 fully saturated rings. The molecule has 2 rings (SSSR count). The molecule has 1 atom stereocenters. The highest BCUT2D eigenvalue weighted by molar-refractivity contribution is 6.30. The first-order valence-electron chi connectivity index (χ1n) is 5.93. The number of likely N-dealkylation sites (N-methyl/N-ethyl adjacent to an activating group) is 2. The van der Waals surface area contributed by atoms with Crippen LogP contribution < -0.4 is 4.74 Å². The van der Waals surface area contributed by atoms with E-state index in [9.17, 15) is 4.79 Å². The molecule has 0 spiro atoms. The number of rotatable bonds is 3. The molecule has 0 saturated carbocycles. The van der Waals surface area contributed by atoms with E-state index in [1.807, 2.05) is 31.0 Å². The van der Waals surface area contributed by atoms with Crippen LogP contribution in [0.15, 0.2) is 18.2 Å². The summed E-state index contributed by atoms with van der Waals surface area (Å²) in [4.78, 5) is 15.5. The van der Waals surface area contributed by atoms with Crippen molar-refractivity contribution in [2.45, 2.75) is 13.0 Å². The van der Waals surface area contributed by atoms with Crippen LogP contribution in [0.1, 0.15) is 18.5 Å². The van der Waals surface area contributed by atoms with Gasteiger partial charge < -0.3 is 14.5 Å². The fraction of sp³-hybridized carbons (Fsp3) is 0.462. The minimum Gasteiger partial charge on any atom is -0.496 e. The Kier molecular flexibility index (Phi) is 3.66. The van der Waals surface area contributed by atoms with Gasteiger partial charge in [0.05, 0.1) is 13.2 Å². The lowest BCUT2D eigenvalue weighted by molar-refractivity contribution is 0.197. The average molecular weight is 269 g/mol. The topological polar surface area (TPSA) is 32.8 Å². The molecule has 0 bridgehead atoms. The molecule has 5 heteroatoms. The molecule has 1 saturated heterocycles. The van der Waals surface area contributed by atoms with Gasteiger partial charge in [-0.3, -0.25) is 0 Å². The highest BCUT2D eigenvalue weighted by atomic mass is 35.5. The molecule has 0 aliphatic carbocycles. The highest BCUT2D eigenvalue weighted by Gasteiger charge is 2.36. The van der Waals surface area contributed by atoms with Gasteiger partial charge in [0.1, 0.15) is 5.75 Å². The Labute approximate surface area is 112 Å². The van der Waals surface area contributed by atoms with Gasteiger partial charge in [-0.2, -0.15) is 0 Å². The van der Waals surface area contributed by atoms with Gasteiger partial charge in [-0.25, -0.2) is 4.79 Å². The number of carbonyl (C=O) groups is 1. The van der Waals surface area contributed by atoms with E-state index in [1.54, 1.807) is 18.1 Å². The van der Waals surface area contributed by atoms with Gasteiger partial charge in [0, 0.05) is 30.7 Å². The number of amides is 2. The molecule has 2 amide bonds. The van der Waals surface area contributed by atoms with Crippen LogP contribution in [0.25, 0.3) is 0 Å². The van der Waals surface area contributed by atoms with Crippen molar-refractivity contribution in [3.63, 3.8) is 0 Å². The van der Waals surface area contributed by atoms with Crippen molar-refractivity contribution < 1.29 is 9.53 Å². The van der Waals surface area contributed by atoms with Crippen LogP contribution in [-0.2, 0) is 0 Å². The largest absolute Gasteiger partial charge is 0.496 e. The lowest BCUT2D eigenvalue weighted by Crippen LogP contribution is -2.29. The number of halogens is 1. The summed E-state index contributed by atoms with van der Waals surface area (Å²) in [5.74, 6) is 0.766. The maximum atomic E-state index is 12.0. The summed E-state index contributed by atoms with van der Waals surface area (Å²) in [5.41, 5.74) is 0.955. The number of hydrogen-bond donors (Lipinski definition) is 0. The molecule has 0 N–H and O–H groups in total. The molecule has 1 aliphatic heterocycles. The van der Waals surface area contributed by atoms with Crippen LogP contribution in [-0.4, -0.2) is 43.1 Å². The second-order valence-electron chi connectivity index (χ2n) is 4.33. The molecule has 1 aromatic rings. The molecule has 98 valence electrons. The molecule has 1 heterocycles. The van der Waals surface area contributed by atoms with Crippen molar-refractivity contribution >= 4 is 17.6 Å². The maximum absolute atomic E-state index is 12.0. The second-order valence-corrected chi connectivity index (χ2v) is 4.77. The molecule has 0 radical (unpaired) electrons. The van der Waals surface area contributed by atoms with Crippen LogP contribution in [0.5, 0.6) is 5.75 Å². The third-order valence-electron chi connectivity index (χ3n) is 3.37. The Hall–Kier alpha value is -1.42. The summed E-state index contributed by atoms with van der Waals surface area (Å²) in [6, 6.07) is 5.53. The Morgan fingerprint density at radius 2 is 2.22 bits per heavy atom. The summed E-state index contributed by atoms with van der Waals surface area (Å²) in [5, 5.41) is 0.654. The number of benzene rings is 1. The normalized spacial score (nSPS) is 19.6. The van der Waals surface area contributed by atoms with Crippen molar-refractivity contribution in [3.05, 3.63) is 28.8 Å². The zero-order valence-corrected chi connectivity index (χ0v) is 11.6. The summed E-state index contributed by atoms with van der Waals surface area (Å²) >= 11 is 6.03. The fourth-order valence-corrected chi connectivity index (χ4v) is 2.48. The number of urea groups is 1. The van der Waals surface area contributed by atoms with Crippen molar-refractivity contribution in [2.75, 3.05) is 27.2 Å². The molecule has 4 nitrogen and oxygen atoms in total. The van der Waals surface area contributed by atoms with Gasteiger partial charge in [0.15, 0.2) is 0 Å². The van der Waals surface area contributed by atoms with Gasteiger partial charge in [-0.15, -0.1) is 0 Å². The smallest absolute Gasteiger partial charge is 0.320 e. The Morgan fingerprint density at radius 3 is 2.78 bits per heavy atom. The fourth-order valence-electron chi connectivity index (χ4n) is 2.30. The second kappa shape index (κ2) is 5.06. The summed E-state index contributed by atoms with van der Waals surface area (Å²) in [7, 11) is 3.43. The predicted octanol–water partition coefficient (Wildman–Crippen LogP) is 2.78. The van der Waals surface area contributed by atoms with Gasteiger partial charge in [0.25, 0.3) is 0 Å². The van der Waals surface area contributed by atoms with E-state index >= 15 is 0 Å². The molecule has 18 heavy (non-hydrogen) atoms. The molecule has 1 unspecified atom stereocenters. The summed E-state index contributed by atoms with van der Waals surface area (Å²) in [6.45, 7) is 3.36. The quantitative estimate of drug-likeness (QED) is 0.844. The summed E-state index contributed by atoms with van der Waals surface area (Å²) in [6.07, 6.45) is 0. The lowest BCUT2D eigenvalue weighted by Gasteiger charge is -2.20. The third kappa shape index (κ3) is 2.12. The Bertz CT molecular complexity index is 464. The number of nitrogens with zero attached hydrogens (tertiary/aromatic N) is 2. The first-order valence-corrected chi connectivity index (χ1v) is 6.31. The van der Waals surface area contributed by atoms with E-state index in [-0.39, 0.29) is 12.1 Å². The first-order chi connectivity index (χ1) is 8.58. The molecular weight excluding hydrogens is 252 g/mol. The van der Waals surface area contributed by atoms with E-state index in [4.69, 9.17) is 16.3 Å². The Morgan fingerprint density at radius 1 is 1.50 bits per heavy atom. The zero-order valence-electron chi connectivity index (χ0n) is 10.8. The number of hydrogen-bond acceptors (Lipinski definition) is 2. The third-order valence-corrected chi connectivity index (χ3v) is 3.60. The van der Waals surface area contributed by atoms with E-state index < -0.39 is 0 Å². The van der Waals surface area contributed by atoms with E-state index in [0.29, 0.717) is 18.1 Å². The van der Waals surface area contributed by atoms with E-state index in [0.717, 1.165) is 11.3 Å². The monoisotopic (exact) mass is 268 g/mol. The SMILES string of the molecule is CCN1CC(c2cc(Cl)ccc2OC)N(C)C1=O.